The standard InChI is InChI=1S/C13H19N3O11/c17-13(26-11-6-4-10(5-7-11)14(18)19)24-8-2-1-3-12(27-16(22)23)9-25-15(20)21/h4-7,12,20-23H,1-3,8-9H2/t12-/m0/s1. The maximum atomic E-state index is 11.5. The molecule has 0 amide bonds. The van der Waals surface area contributed by atoms with Crippen LogP contribution in [0.25, 0.3) is 0 Å². The molecule has 0 aliphatic heterocycles. The SMILES string of the molecule is O=C(OCCCC[C@@H](CON(O)O)ON(O)O)Oc1ccc([N+](=O)[O-])cc1. The zero-order valence-electron chi connectivity index (χ0n) is 13.9. The topological polar surface area (TPSA) is 185 Å². The lowest BCUT2D eigenvalue weighted by Crippen LogP contribution is -2.31. The molecule has 0 saturated carbocycles. The van der Waals surface area contributed by atoms with Gasteiger partial charge in [-0.15, -0.1) is 0 Å². The molecule has 0 aromatic heterocycles. The highest BCUT2D eigenvalue weighted by Crippen LogP contribution is 2.17. The number of unbranched alkanes of at least 4 members (excludes halogenated alkanes) is 1. The average Bonchev–Trinajstić information content (AvgIpc) is 2.59. The maximum Gasteiger partial charge on any atom is 0.513 e. The average molecular weight is 393 g/mol. The van der Waals surface area contributed by atoms with E-state index in [4.69, 9.17) is 30.3 Å². The molecular formula is C13H19N3O11. The van der Waals surface area contributed by atoms with Crippen molar-refractivity contribution in [2.75, 3.05) is 13.2 Å². The van der Waals surface area contributed by atoms with E-state index in [0.29, 0.717) is 12.8 Å². The van der Waals surface area contributed by atoms with E-state index in [9.17, 15) is 14.9 Å². The summed E-state index contributed by atoms with van der Waals surface area (Å²) in [5.41, 5.74) is -0.147. The van der Waals surface area contributed by atoms with E-state index in [0.717, 1.165) is 0 Å². The van der Waals surface area contributed by atoms with Crippen LogP contribution in [0.15, 0.2) is 24.3 Å². The van der Waals surface area contributed by atoms with Gasteiger partial charge in [-0.2, -0.15) is 0 Å². The highest BCUT2D eigenvalue weighted by Gasteiger charge is 2.15. The first kappa shape index (κ1) is 22.6. The highest BCUT2D eigenvalue weighted by molar-refractivity contribution is 5.63. The van der Waals surface area contributed by atoms with Crippen LogP contribution in [-0.4, -0.2) is 62.0 Å². The van der Waals surface area contributed by atoms with Crippen LogP contribution in [0.1, 0.15) is 19.3 Å². The monoisotopic (exact) mass is 393 g/mol. The summed E-state index contributed by atoms with van der Waals surface area (Å²) in [6, 6.07) is 4.86. The zero-order chi connectivity index (χ0) is 20.2. The number of carbonyl (C=O) groups excluding carboxylic acids is 1. The first-order valence-electron chi connectivity index (χ1n) is 7.52. The number of ether oxygens (including phenoxy) is 2. The molecule has 0 aliphatic carbocycles. The maximum absolute atomic E-state index is 11.5. The van der Waals surface area contributed by atoms with Crippen molar-refractivity contribution in [1.82, 2.24) is 10.8 Å². The molecule has 152 valence electrons. The van der Waals surface area contributed by atoms with E-state index in [1.54, 1.807) is 0 Å². The van der Waals surface area contributed by atoms with Gasteiger partial charge in [0.05, 0.1) is 22.3 Å². The second-order valence-electron chi connectivity index (χ2n) is 4.98. The van der Waals surface area contributed by atoms with Gasteiger partial charge in [-0.05, 0) is 31.4 Å². The third-order valence-corrected chi connectivity index (χ3v) is 3.01. The van der Waals surface area contributed by atoms with Crippen LogP contribution in [-0.2, 0) is 14.4 Å². The number of hydrogen-bond donors (Lipinski definition) is 4. The summed E-state index contributed by atoms with van der Waals surface area (Å²) >= 11 is 0. The molecule has 4 N–H and O–H groups in total. The van der Waals surface area contributed by atoms with Crippen LogP contribution < -0.4 is 4.74 Å². The van der Waals surface area contributed by atoms with E-state index in [1.165, 1.54) is 24.3 Å². The van der Waals surface area contributed by atoms with Crippen molar-refractivity contribution in [2.45, 2.75) is 25.4 Å². The molecule has 14 nitrogen and oxygen atoms in total. The highest BCUT2D eigenvalue weighted by atomic mass is 17.1. The van der Waals surface area contributed by atoms with Gasteiger partial charge in [-0.25, -0.2) is 14.5 Å². The molecule has 14 heteroatoms. The fraction of sp³-hybridized carbons (Fsp3) is 0.462. The minimum atomic E-state index is -0.993. The predicted molar refractivity (Wildman–Crippen MR) is 80.6 cm³/mol. The molecule has 1 rings (SSSR count). The van der Waals surface area contributed by atoms with Crippen molar-refractivity contribution >= 4 is 11.8 Å². The fourth-order valence-corrected chi connectivity index (χ4v) is 1.84. The van der Waals surface area contributed by atoms with Crippen molar-refractivity contribution in [1.29, 1.82) is 0 Å². The smallest absolute Gasteiger partial charge is 0.434 e. The van der Waals surface area contributed by atoms with Crippen molar-refractivity contribution in [2.24, 2.45) is 0 Å². The number of rotatable bonds is 12. The Labute approximate surface area is 152 Å². The summed E-state index contributed by atoms with van der Waals surface area (Å²) in [7, 11) is 0. The van der Waals surface area contributed by atoms with Gasteiger partial charge < -0.3 is 9.47 Å². The summed E-state index contributed by atoms with van der Waals surface area (Å²) < 4.78 is 9.65. The molecule has 0 radical (unpaired) electrons. The van der Waals surface area contributed by atoms with Crippen molar-refractivity contribution in [3.8, 4) is 5.75 Å². The van der Waals surface area contributed by atoms with Crippen LogP contribution in [0.3, 0.4) is 0 Å². The lowest BCUT2D eigenvalue weighted by atomic mass is 10.2. The number of hydrogen-bond acceptors (Lipinski definition) is 13. The van der Waals surface area contributed by atoms with E-state index in [1.807, 2.05) is 0 Å². The molecule has 0 bridgehead atoms. The minimum Gasteiger partial charge on any atom is -0.434 e. The van der Waals surface area contributed by atoms with Gasteiger partial charge in [0.1, 0.15) is 18.5 Å². The molecule has 0 aliphatic rings. The molecule has 1 aromatic rings. The van der Waals surface area contributed by atoms with Crippen molar-refractivity contribution in [3.63, 3.8) is 0 Å². The van der Waals surface area contributed by atoms with E-state index in [-0.39, 0.29) is 24.5 Å². The summed E-state index contributed by atoms with van der Waals surface area (Å²) in [6.45, 7) is -0.416. The Balaban J connectivity index is 2.25. The second-order valence-corrected chi connectivity index (χ2v) is 4.98. The Morgan fingerprint density at radius 3 is 2.33 bits per heavy atom. The lowest BCUT2D eigenvalue weighted by Gasteiger charge is -2.18. The molecule has 0 unspecified atom stereocenters. The first-order chi connectivity index (χ1) is 12.8. The van der Waals surface area contributed by atoms with Gasteiger partial charge in [-0.1, -0.05) is 0 Å². The van der Waals surface area contributed by atoms with Gasteiger partial charge in [0.25, 0.3) is 5.69 Å². The fourth-order valence-electron chi connectivity index (χ4n) is 1.84. The number of nitro groups is 1. The summed E-state index contributed by atoms with van der Waals surface area (Å²) in [5.74, 6) is 0.0831. The molecule has 0 spiro atoms. The number of benzene rings is 1. The van der Waals surface area contributed by atoms with Crippen molar-refractivity contribution < 1.29 is 49.7 Å². The normalized spacial score (nSPS) is 12.2. The zero-order valence-corrected chi connectivity index (χ0v) is 13.9. The Hall–Kier alpha value is -2.43. The second kappa shape index (κ2) is 12.0. The van der Waals surface area contributed by atoms with E-state index < -0.39 is 34.6 Å². The predicted octanol–water partition coefficient (Wildman–Crippen LogP) is 1.67. The van der Waals surface area contributed by atoms with E-state index in [2.05, 4.69) is 9.68 Å². The third-order valence-electron chi connectivity index (χ3n) is 3.01. The lowest BCUT2D eigenvalue weighted by molar-refractivity contribution is -0.527. The summed E-state index contributed by atoms with van der Waals surface area (Å²) in [6.07, 6.45) is -0.967. The molecule has 0 heterocycles. The number of non-ortho nitro benzene ring substituents is 1. The van der Waals surface area contributed by atoms with Crippen LogP contribution in [0.5, 0.6) is 5.75 Å². The number of nitrogens with zero attached hydrogens (tertiary/aromatic N) is 3. The van der Waals surface area contributed by atoms with E-state index >= 15 is 0 Å². The molecular weight excluding hydrogens is 374 g/mol. The molecule has 1 aromatic carbocycles. The Morgan fingerprint density at radius 1 is 1.11 bits per heavy atom. The Bertz CT molecular complexity index is 581. The van der Waals surface area contributed by atoms with Crippen molar-refractivity contribution in [3.05, 3.63) is 34.4 Å². The van der Waals surface area contributed by atoms with Crippen LogP contribution >= 0.6 is 0 Å². The number of carbonyl (C=O) groups is 1. The molecule has 27 heavy (non-hydrogen) atoms. The largest absolute Gasteiger partial charge is 0.513 e. The Morgan fingerprint density at radius 2 is 1.78 bits per heavy atom. The van der Waals surface area contributed by atoms with Crippen LogP contribution in [0.4, 0.5) is 10.5 Å². The van der Waals surface area contributed by atoms with Crippen LogP contribution in [0, 0.1) is 10.1 Å². The number of nitro benzene ring substituents is 1. The summed E-state index contributed by atoms with van der Waals surface area (Å²) in [5, 5.41) is 43.5. The molecule has 0 fully saturated rings. The van der Waals surface area contributed by atoms with Gasteiger partial charge >= 0.3 is 6.16 Å². The quantitative estimate of drug-likeness (QED) is 0.132. The Kier molecular flexibility index (Phi) is 10.1. The summed E-state index contributed by atoms with van der Waals surface area (Å²) in [4.78, 5) is 30.3. The van der Waals surface area contributed by atoms with Gasteiger partial charge in [0, 0.05) is 12.1 Å². The third kappa shape index (κ3) is 10.3. The van der Waals surface area contributed by atoms with Crippen LogP contribution in [0.2, 0.25) is 0 Å². The van der Waals surface area contributed by atoms with Gasteiger partial charge in [0.2, 0.25) is 0 Å². The minimum absolute atomic E-state index is 0.0204. The van der Waals surface area contributed by atoms with Gasteiger partial charge in [-0.3, -0.25) is 30.9 Å². The first-order valence-corrected chi connectivity index (χ1v) is 7.52. The van der Waals surface area contributed by atoms with Gasteiger partial charge in [0.15, 0.2) is 0 Å². The molecule has 0 saturated heterocycles. The molecule has 1 atom stereocenters.